The lowest BCUT2D eigenvalue weighted by Crippen LogP contribution is -2.30. The smallest absolute Gasteiger partial charge is 0.239 e. The minimum atomic E-state index is -1.48. The van der Waals surface area contributed by atoms with Gasteiger partial charge in [-0.2, -0.15) is 0 Å². The number of aryl methyl sites for hydroxylation is 3. The second-order valence-corrected chi connectivity index (χ2v) is 8.72. The Kier molecular flexibility index (Phi) is 7.57. The van der Waals surface area contributed by atoms with E-state index in [1.54, 1.807) is 6.92 Å². The number of carbonyl (C=O) groups excluding carboxylic acids is 1. The van der Waals surface area contributed by atoms with E-state index in [9.17, 15) is 13.8 Å². The van der Waals surface area contributed by atoms with Crippen LogP contribution in [0.4, 0.5) is 5.69 Å². The maximum atomic E-state index is 12.6. The van der Waals surface area contributed by atoms with Crippen molar-refractivity contribution in [1.82, 2.24) is 4.98 Å². The molecule has 0 aliphatic heterocycles. The highest BCUT2D eigenvalue weighted by molar-refractivity contribution is 7.85. The first-order valence-electron chi connectivity index (χ1n) is 9.33. The highest BCUT2D eigenvalue weighted by atomic mass is 32.2. The summed E-state index contributed by atoms with van der Waals surface area (Å²) in [6.07, 6.45) is 2.28. The van der Waals surface area contributed by atoms with E-state index in [2.05, 4.69) is 10.3 Å². The zero-order valence-corrected chi connectivity index (χ0v) is 17.9. The van der Waals surface area contributed by atoms with E-state index >= 15 is 0 Å². The van der Waals surface area contributed by atoms with E-state index in [1.807, 2.05) is 39.8 Å². The normalized spacial score (nSPS) is 13.0. The van der Waals surface area contributed by atoms with Gasteiger partial charge in [0, 0.05) is 34.4 Å². The van der Waals surface area contributed by atoms with Gasteiger partial charge in [-0.25, -0.2) is 0 Å². The number of H-pyrrole nitrogens is 1. The third kappa shape index (κ3) is 5.55. The summed E-state index contributed by atoms with van der Waals surface area (Å²) in [5, 5.41) is 2.17. The van der Waals surface area contributed by atoms with Gasteiger partial charge in [-0.3, -0.25) is 13.8 Å². The molecule has 0 spiro atoms. The van der Waals surface area contributed by atoms with Crippen LogP contribution < -0.4 is 15.5 Å². The van der Waals surface area contributed by atoms with Crippen LogP contribution >= 0.6 is 0 Å². The van der Waals surface area contributed by atoms with Crippen molar-refractivity contribution in [2.24, 2.45) is 0 Å². The molecule has 1 amide bonds. The van der Waals surface area contributed by atoms with Crippen LogP contribution in [0.3, 0.4) is 0 Å². The number of anilines is 1. The van der Waals surface area contributed by atoms with Crippen molar-refractivity contribution >= 4 is 22.4 Å². The molecule has 0 fully saturated rings. The fourth-order valence-electron chi connectivity index (χ4n) is 2.91. The van der Waals surface area contributed by atoms with Gasteiger partial charge < -0.3 is 15.0 Å². The van der Waals surface area contributed by atoms with Crippen LogP contribution in [0.1, 0.15) is 42.7 Å². The third-order valence-corrected chi connectivity index (χ3v) is 5.98. The zero-order chi connectivity index (χ0) is 20.8. The second kappa shape index (κ2) is 9.68. The molecule has 0 radical (unpaired) electrons. The van der Waals surface area contributed by atoms with Crippen LogP contribution in [0.5, 0.6) is 5.75 Å². The Morgan fingerprint density at radius 2 is 1.86 bits per heavy atom. The molecule has 1 heterocycles. The topological polar surface area (TPSA) is 88.3 Å². The fourth-order valence-corrected chi connectivity index (χ4v) is 3.93. The number of benzene rings is 1. The lowest BCUT2D eigenvalue weighted by atomic mass is 10.1. The summed E-state index contributed by atoms with van der Waals surface area (Å²) in [6.45, 7) is 9.92. The Balaban J connectivity index is 2.05. The predicted molar refractivity (Wildman–Crippen MR) is 113 cm³/mol. The number of aromatic nitrogens is 1. The van der Waals surface area contributed by atoms with Gasteiger partial charge in [0.1, 0.15) is 5.25 Å². The first-order valence-corrected chi connectivity index (χ1v) is 10.7. The van der Waals surface area contributed by atoms with Gasteiger partial charge in [0.2, 0.25) is 11.3 Å². The van der Waals surface area contributed by atoms with E-state index in [-0.39, 0.29) is 22.8 Å². The van der Waals surface area contributed by atoms with Crippen LogP contribution in [-0.4, -0.2) is 27.0 Å². The average Bonchev–Trinajstić information content (AvgIpc) is 2.63. The molecular formula is C21H28N2O4S. The summed E-state index contributed by atoms with van der Waals surface area (Å²) >= 11 is 0. The van der Waals surface area contributed by atoms with Gasteiger partial charge in [0.05, 0.1) is 12.4 Å². The largest absolute Gasteiger partial charge is 0.488 e. The first kappa shape index (κ1) is 21.9. The van der Waals surface area contributed by atoms with Crippen molar-refractivity contribution < 1.29 is 13.7 Å². The highest BCUT2D eigenvalue weighted by Gasteiger charge is 2.22. The predicted octanol–water partition coefficient (Wildman–Crippen LogP) is 3.36. The van der Waals surface area contributed by atoms with Crippen LogP contribution in [-0.2, 0) is 21.3 Å². The number of hydrogen-bond donors (Lipinski definition) is 2. The number of hydrogen-bond acceptors (Lipinski definition) is 4. The number of amides is 1. The first-order chi connectivity index (χ1) is 13.2. The number of nitrogens with one attached hydrogen (secondary N) is 2. The monoisotopic (exact) mass is 404 g/mol. The summed E-state index contributed by atoms with van der Waals surface area (Å²) in [7, 11) is -1.48. The SMILES string of the molecule is CCCOc1c[nH]c(CS(=O)C(C)C(=O)Nc2c(C)cc(C)cc2C)cc1=O. The molecule has 28 heavy (non-hydrogen) atoms. The van der Waals surface area contributed by atoms with E-state index in [1.165, 1.54) is 12.3 Å². The molecular weight excluding hydrogens is 376 g/mol. The van der Waals surface area contributed by atoms with Crippen molar-refractivity contribution in [2.45, 2.75) is 52.0 Å². The maximum absolute atomic E-state index is 12.6. The molecule has 152 valence electrons. The van der Waals surface area contributed by atoms with Gasteiger partial charge in [0.15, 0.2) is 5.75 Å². The van der Waals surface area contributed by atoms with Crippen LogP contribution in [0.2, 0.25) is 0 Å². The van der Waals surface area contributed by atoms with Crippen LogP contribution in [0.25, 0.3) is 0 Å². The van der Waals surface area contributed by atoms with E-state index in [0.29, 0.717) is 12.3 Å². The summed E-state index contributed by atoms with van der Waals surface area (Å²) in [5.74, 6) is 0.0233. The van der Waals surface area contributed by atoms with Crippen molar-refractivity contribution in [3.05, 3.63) is 57.0 Å². The van der Waals surface area contributed by atoms with Gasteiger partial charge >= 0.3 is 0 Å². The van der Waals surface area contributed by atoms with E-state index in [0.717, 1.165) is 28.8 Å². The summed E-state index contributed by atoms with van der Waals surface area (Å²) in [5.41, 5.74) is 4.06. The van der Waals surface area contributed by atoms with Gasteiger partial charge in [-0.1, -0.05) is 24.6 Å². The average molecular weight is 405 g/mol. The second-order valence-electron chi connectivity index (χ2n) is 6.97. The molecule has 2 unspecified atom stereocenters. The van der Waals surface area contributed by atoms with Crippen molar-refractivity contribution in [2.75, 3.05) is 11.9 Å². The molecule has 2 rings (SSSR count). The Hall–Kier alpha value is -2.41. The Bertz CT molecular complexity index is 913. The molecule has 0 saturated carbocycles. The summed E-state index contributed by atoms with van der Waals surface area (Å²) < 4.78 is 18.0. The number of ether oxygens (including phenoxy) is 1. The van der Waals surface area contributed by atoms with Gasteiger partial charge in [0.25, 0.3) is 0 Å². The minimum Gasteiger partial charge on any atom is -0.488 e. The lowest BCUT2D eigenvalue weighted by Gasteiger charge is -2.16. The Labute approximate surface area is 168 Å². The van der Waals surface area contributed by atoms with Gasteiger partial charge in [-0.05, 0) is 45.2 Å². The number of carbonyl (C=O) groups is 1. The molecule has 2 aromatic rings. The van der Waals surface area contributed by atoms with Crippen molar-refractivity contribution in [3.8, 4) is 5.75 Å². The summed E-state index contributed by atoms with van der Waals surface area (Å²) in [6, 6.07) is 5.37. The molecule has 6 nitrogen and oxygen atoms in total. The Morgan fingerprint density at radius 3 is 2.43 bits per heavy atom. The van der Waals surface area contributed by atoms with Crippen molar-refractivity contribution in [3.63, 3.8) is 0 Å². The van der Waals surface area contributed by atoms with Crippen LogP contribution in [0.15, 0.2) is 29.2 Å². The van der Waals surface area contributed by atoms with E-state index < -0.39 is 16.0 Å². The summed E-state index contributed by atoms with van der Waals surface area (Å²) in [4.78, 5) is 27.6. The molecule has 0 saturated heterocycles. The molecule has 2 atom stereocenters. The van der Waals surface area contributed by atoms with Gasteiger partial charge in [-0.15, -0.1) is 0 Å². The van der Waals surface area contributed by atoms with Crippen LogP contribution in [0, 0.1) is 20.8 Å². The number of aromatic amines is 1. The third-order valence-electron chi connectivity index (χ3n) is 4.39. The standard InChI is InChI=1S/C21H28N2O4S/c1-6-7-27-19-11-22-17(10-18(19)24)12-28(26)16(5)21(25)23-20-14(3)8-13(2)9-15(20)4/h8-11,16H,6-7,12H2,1-5H3,(H,22,24)(H,23,25). The zero-order valence-electron chi connectivity index (χ0n) is 17.0. The molecule has 2 N–H and O–H groups in total. The lowest BCUT2D eigenvalue weighted by molar-refractivity contribution is -0.115. The Morgan fingerprint density at radius 1 is 1.21 bits per heavy atom. The van der Waals surface area contributed by atoms with E-state index in [4.69, 9.17) is 4.74 Å². The van der Waals surface area contributed by atoms with Crippen molar-refractivity contribution in [1.29, 1.82) is 0 Å². The minimum absolute atomic E-state index is 0.0871. The highest BCUT2D eigenvalue weighted by Crippen LogP contribution is 2.22. The quantitative estimate of drug-likeness (QED) is 0.706. The number of rotatable bonds is 8. The number of pyridine rings is 1. The molecule has 0 aliphatic rings. The molecule has 0 bridgehead atoms. The molecule has 7 heteroatoms. The molecule has 1 aromatic heterocycles. The fraction of sp³-hybridized carbons (Fsp3) is 0.429. The maximum Gasteiger partial charge on any atom is 0.239 e. The molecule has 0 aliphatic carbocycles. The molecule has 1 aromatic carbocycles.